The molecule has 7 N–H and O–H groups in total. The number of nitrogens with zero attached hydrogens (tertiary/aromatic N) is 1. The van der Waals surface area contributed by atoms with Crippen molar-refractivity contribution in [3.05, 3.63) is 42.0 Å². The van der Waals surface area contributed by atoms with Crippen LogP contribution in [0.5, 0.6) is 0 Å². The zero-order chi connectivity index (χ0) is 36.9. The van der Waals surface area contributed by atoms with Gasteiger partial charge in [-0.15, -0.1) is 0 Å². The van der Waals surface area contributed by atoms with E-state index in [-0.39, 0.29) is 37.8 Å². The van der Waals surface area contributed by atoms with Gasteiger partial charge in [0.05, 0.1) is 13.0 Å². The van der Waals surface area contributed by atoms with Crippen molar-refractivity contribution in [3.8, 4) is 0 Å². The third-order valence-corrected chi connectivity index (χ3v) is 5.82. The van der Waals surface area contributed by atoms with E-state index >= 15 is 0 Å². The van der Waals surface area contributed by atoms with Crippen LogP contribution in [0.15, 0.2) is 36.4 Å². The van der Waals surface area contributed by atoms with Crippen molar-refractivity contribution >= 4 is 53.6 Å². The van der Waals surface area contributed by atoms with Gasteiger partial charge in [0.25, 0.3) is 11.8 Å². The maximum atomic E-state index is 12.4. The number of carboxylic acids is 1. The van der Waals surface area contributed by atoms with Crippen LogP contribution in [-0.2, 0) is 49.7 Å². The normalized spacial score (nSPS) is 11.6. The summed E-state index contributed by atoms with van der Waals surface area (Å²) in [7, 11) is 1.96. The minimum absolute atomic E-state index is 0.0114. The quantitative estimate of drug-likeness (QED) is 0.0587. The van der Waals surface area contributed by atoms with E-state index in [0.717, 1.165) is 11.4 Å². The number of ether oxygens (including phenoxy) is 1. The van der Waals surface area contributed by atoms with E-state index in [0.29, 0.717) is 30.5 Å². The molecule has 1 unspecified atom stereocenters. The van der Waals surface area contributed by atoms with E-state index in [4.69, 9.17) is 14.6 Å². The SMILES string of the molecule is CC.CC(=O)OCc1ccc(NC(=O)CNC(=O)C(CC(=O)O)NC(=O)CCCCCN2C(=O)C=CC2=O)cc1.CCCNC.NC=O. The summed E-state index contributed by atoms with van der Waals surface area (Å²) in [6.45, 7) is 8.45. The molecule has 0 fully saturated rings. The number of hydrogen-bond acceptors (Lipinski definition) is 10. The van der Waals surface area contributed by atoms with E-state index < -0.39 is 48.7 Å². The van der Waals surface area contributed by atoms with Crippen LogP contribution in [0.1, 0.15) is 71.8 Å². The molecule has 6 amide bonds. The highest BCUT2D eigenvalue weighted by atomic mass is 16.5. The Morgan fingerprint density at radius 3 is 2.04 bits per heavy atom. The summed E-state index contributed by atoms with van der Waals surface area (Å²) in [5, 5.41) is 19.4. The molecule has 1 aromatic carbocycles. The number of nitrogens with one attached hydrogen (secondary N) is 4. The van der Waals surface area contributed by atoms with Crippen LogP contribution in [0.4, 0.5) is 5.69 Å². The topological polar surface area (TPSA) is 243 Å². The fraction of sp³-hybridized carbons (Fsp3) is 0.500. The molecule has 0 radical (unpaired) electrons. The minimum Gasteiger partial charge on any atom is -0.481 e. The second-order valence-electron chi connectivity index (χ2n) is 9.67. The van der Waals surface area contributed by atoms with Gasteiger partial charge in [-0.05, 0) is 50.6 Å². The molecule has 268 valence electrons. The van der Waals surface area contributed by atoms with E-state index in [9.17, 15) is 33.6 Å². The number of esters is 1. The molecule has 0 aliphatic carbocycles. The lowest BCUT2D eigenvalue weighted by atomic mass is 10.1. The first-order valence-corrected chi connectivity index (χ1v) is 15.5. The maximum absolute atomic E-state index is 12.4. The average molecular weight is 679 g/mol. The molecule has 1 aromatic rings. The lowest BCUT2D eigenvalue weighted by Crippen LogP contribution is -2.49. The molecule has 1 heterocycles. The van der Waals surface area contributed by atoms with Gasteiger partial charge in [-0.1, -0.05) is 39.3 Å². The average Bonchev–Trinajstić information content (AvgIpc) is 3.37. The zero-order valence-electron chi connectivity index (χ0n) is 28.3. The minimum atomic E-state index is -1.38. The summed E-state index contributed by atoms with van der Waals surface area (Å²) in [5.41, 5.74) is 5.31. The fourth-order valence-corrected chi connectivity index (χ4v) is 3.65. The number of rotatable bonds is 17. The monoisotopic (exact) mass is 678 g/mol. The first-order valence-electron chi connectivity index (χ1n) is 15.5. The van der Waals surface area contributed by atoms with Gasteiger partial charge >= 0.3 is 11.9 Å². The van der Waals surface area contributed by atoms with E-state index in [1.54, 1.807) is 24.3 Å². The predicted molar refractivity (Wildman–Crippen MR) is 178 cm³/mol. The molecule has 0 saturated heterocycles. The van der Waals surface area contributed by atoms with Crippen molar-refractivity contribution in [2.24, 2.45) is 5.73 Å². The van der Waals surface area contributed by atoms with Crippen LogP contribution < -0.4 is 27.0 Å². The molecular formula is C32H50N6O10. The number of carbonyl (C=O) groups excluding carboxylic acids is 7. The second kappa shape index (κ2) is 28.1. The molecule has 1 aliphatic rings. The number of hydrogen-bond donors (Lipinski definition) is 6. The van der Waals surface area contributed by atoms with E-state index in [2.05, 4.69) is 33.9 Å². The van der Waals surface area contributed by atoms with Crippen LogP contribution in [-0.4, -0.2) is 90.6 Å². The van der Waals surface area contributed by atoms with Crippen molar-refractivity contribution in [1.29, 1.82) is 0 Å². The van der Waals surface area contributed by atoms with Crippen molar-refractivity contribution in [1.82, 2.24) is 20.9 Å². The number of nitrogens with two attached hydrogens (primary N) is 1. The number of benzene rings is 1. The second-order valence-corrected chi connectivity index (χ2v) is 9.67. The van der Waals surface area contributed by atoms with Gasteiger partial charge in [-0.25, -0.2) is 0 Å². The largest absolute Gasteiger partial charge is 0.481 e. The van der Waals surface area contributed by atoms with E-state index in [1.165, 1.54) is 25.5 Å². The lowest BCUT2D eigenvalue weighted by Gasteiger charge is -2.17. The molecule has 0 aromatic heterocycles. The number of unbranched alkanes of at least 4 members (excludes halogenated alkanes) is 2. The predicted octanol–water partition coefficient (Wildman–Crippen LogP) is 0.993. The third-order valence-electron chi connectivity index (χ3n) is 5.82. The summed E-state index contributed by atoms with van der Waals surface area (Å²) in [6.07, 6.45) is 4.64. The Labute approximate surface area is 281 Å². The van der Waals surface area contributed by atoms with Crippen molar-refractivity contribution < 1.29 is 48.2 Å². The summed E-state index contributed by atoms with van der Waals surface area (Å²) in [6, 6.07) is 5.10. The molecule has 48 heavy (non-hydrogen) atoms. The molecule has 1 atom stereocenters. The number of carbonyl (C=O) groups is 8. The van der Waals surface area contributed by atoms with Gasteiger partial charge in [0.15, 0.2) is 0 Å². The smallest absolute Gasteiger partial charge is 0.305 e. The molecule has 1 aliphatic heterocycles. The van der Waals surface area contributed by atoms with Gasteiger partial charge in [0.1, 0.15) is 12.6 Å². The molecule has 16 heteroatoms. The highest BCUT2D eigenvalue weighted by Crippen LogP contribution is 2.11. The summed E-state index contributed by atoms with van der Waals surface area (Å²) < 4.78 is 4.88. The van der Waals surface area contributed by atoms with E-state index in [1.807, 2.05) is 20.9 Å². The first kappa shape index (κ1) is 45.0. The van der Waals surface area contributed by atoms with Crippen LogP contribution in [0.2, 0.25) is 0 Å². The van der Waals surface area contributed by atoms with Gasteiger partial charge in [0.2, 0.25) is 24.1 Å². The number of amides is 6. The Morgan fingerprint density at radius 2 is 1.56 bits per heavy atom. The van der Waals surface area contributed by atoms with Gasteiger partial charge in [0, 0.05) is 37.7 Å². The van der Waals surface area contributed by atoms with Crippen LogP contribution in [0.25, 0.3) is 0 Å². The molecule has 0 saturated carbocycles. The Balaban J connectivity index is 0. The molecule has 0 bridgehead atoms. The Kier molecular flexibility index (Phi) is 26.4. The lowest BCUT2D eigenvalue weighted by molar-refractivity contribution is -0.142. The zero-order valence-corrected chi connectivity index (χ0v) is 28.3. The fourth-order valence-electron chi connectivity index (χ4n) is 3.65. The van der Waals surface area contributed by atoms with Gasteiger partial charge < -0.3 is 36.8 Å². The number of primary amides is 1. The highest BCUT2D eigenvalue weighted by molar-refractivity contribution is 6.12. The Bertz CT molecular complexity index is 1180. The molecule has 2 rings (SSSR count). The van der Waals surface area contributed by atoms with Crippen molar-refractivity contribution in [3.63, 3.8) is 0 Å². The molecular weight excluding hydrogens is 628 g/mol. The summed E-state index contributed by atoms with van der Waals surface area (Å²) in [5.74, 6) is -4.42. The van der Waals surface area contributed by atoms with Crippen molar-refractivity contribution in [2.45, 2.75) is 78.9 Å². The Hall–Kier alpha value is -5.12. The molecule has 16 nitrogen and oxygen atoms in total. The van der Waals surface area contributed by atoms with Crippen molar-refractivity contribution in [2.75, 3.05) is 32.0 Å². The van der Waals surface area contributed by atoms with Crippen LogP contribution >= 0.6 is 0 Å². The van der Waals surface area contributed by atoms with Crippen LogP contribution in [0, 0.1) is 0 Å². The summed E-state index contributed by atoms with van der Waals surface area (Å²) >= 11 is 0. The first-order chi connectivity index (χ1) is 22.9. The highest BCUT2D eigenvalue weighted by Gasteiger charge is 2.25. The summed E-state index contributed by atoms with van der Waals surface area (Å²) in [4.78, 5) is 91.6. The third kappa shape index (κ3) is 22.4. The number of imide groups is 1. The number of aliphatic carboxylic acids is 1. The number of carboxylic acid groups (broad SMARTS) is 1. The maximum Gasteiger partial charge on any atom is 0.305 e. The Morgan fingerprint density at radius 1 is 0.979 bits per heavy atom. The van der Waals surface area contributed by atoms with Gasteiger partial charge in [-0.2, -0.15) is 0 Å². The number of anilines is 1. The van der Waals surface area contributed by atoms with Crippen LogP contribution in [0.3, 0.4) is 0 Å². The standard InChI is InChI=1S/C25H30N4O9.C4H11N.C2H6.CH3NO/c1-16(30)38-15-17-6-8-18(9-7-17)27-21(32)14-26-25(37)19(13-24(35)36)28-20(31)5-3-2-4-12-29-22(33)10-11-23(29)34;1-3-4-5-2;1-2;2-1-3/h6-11,19H,2-5,12-15H2,1H3,(H,26,37)(H,27,32)(H,28,31)(H,35,36);5H,3-4H2,1-2H3;1-2H3;1H,(H2,2,3). The molecule has 0 spiro atoms. The van der Waals surface area contributed by atoms with Gasteiger partial charge in [-0.3, -0.25) is 43.3 Å².